The van der Waals surface area contributed by atoms with Gasteiger partial charge in [0.15, 0.2) is 18.1 Å². The van der Waals surface area contributed by atoms with Crippen LogP contribution < -0.4 is 14.4 Å². The smallest absolute Gasteiger partial charge is 0.265 e. The van der Waals surface area contributed by atoms with Crippen LogP contribution in [0.1, 0.15) is 18.9 Å². The van der Waals surface area contributed by atoms with Gasteiger partial charge in [0.2, 0.25) is 0 Å². The third-order valence-corrected chi connectivity index (χ3v) is 2.92. The lowest BCUT2D eigenvalue weighted by molar-refractivity contribution is -0.121. The first-order chi connectivity index (χ1) is 9.71. The van der Waals surface area contributed by atoms with Crippen molar-refractivity contribution < 1.29 is 19.4 Å². The molecule has 0 aromatic heterocycles. The van der Waals surface area contributed by atoms with Gasteiger partial charge in [0.1, 0.15) is 0 Å². The molecule has 106 valence electrons. The van der Waals surface area contributed by atoms with Gasteiger partial charge in [0, 0.05) is 0 Å². The Balaban J connectivity index is 2.47. The standard InChI is InChI=1S/C15H17NO4/c1-3-5-16-12-7-11(9-17)8-13(19-6-4-2)15(12)20-10-14(16)18/h1,7-8,17H,4-6,9-10H2,2H3. The lowest BCUT2D eigenvalue weighted by Gasteiger charge is -2.29. The van der Waals surface area contributed by atoms with Crippen molar-refractivity contribution in [3.05, 3.63) is 17.7 Å². The molecule has 1 aromatic carbocycles. The Bertz CT molecular complexity index is 548. The molecule has 1 aromatic rings. The predicted octanol–water partition coefficient (Wildman–Crippen LogP) is 1.33. The maximum Gasteiger partial charge on any atom is 0.265 e. The molecule has 1 heterocycles. The van der Waals surface area contributed by atoms with Gasteiger partial charge in [0.25, 0.3) is 5.91 Å². The highest BCUT2D eigenvalue weighted by Gasteiger charge is 2.28. The molecule has 0 aliphatic carbocycles. The zero-order chi connectivity index (χ0) is 14.5. The summed E-state index contributed by atoms with van der Waals surface area (Å²) in [5.41, 5.74) is 1.20. The van der Waals surface area contributed by atoms with E-state index in [1.807, 2.05) is 6.92 Å². The molecule has 0 unspecified atom stereocenters. The summed E-state index contributed by atoms with van der Waals surface area (Å²) in [6.07, 6.45) is 6.15. The van der Waals surface area contributed by atoms with Crippen LogP contribution in [-0.4, -0.2) is 30.8 Å². The minimum Gasteiger partial charge on any atom is -0.490 e. The molecule has 1 aliphatic rings. The summed E-state index contributed by atoms with van der Waals surface area (Å²) >= 11 is 0. The van der Waals surface area contributed by atoms with E-state index in [1.165, 1.54) is 4.90 Å². The van der Waals surface area contributed by atoms with Gasteiger partial charge in [-0.2, -0.15) is 0 Å². The molecule has 2 rings (SSSR count). The van der Waals surface area contributed by atoms with E-state index in [-0.39, 0.29) is 25.7 Å². The van der Waals surface area contributed by atoms with E-state index in [2.05, 4.69) is 5.92 Å². The Morgan fingerprint density at radius 2 is 2.35 bits per heavy atom. The molecule has 5 nitrogen and oxygen atoms in total. The Morgan fingerprint density at radius 1 is 1.55 bits per heavy atom. The number of nitrogens with zero attached hydrogens (tertiary/aromatic N) is 1. The van der Waals surface area contributed by atoms with E-state index in [4.69, 9.17) is 15.9 Å². The number of amides is 1. The molecule has 1 N–H and O–H groups in total. The van der Waals surface area contributed by atoms with Gasteiger partial charge in [0.05, 0.1) is 25.4 Å². The number of fused-ring (bicyclic) bond motifs is 1. The Hall–Kier alpha value is -2.19. The number of rotatable bonds is 5. The van der Waals surface area contributed by atoms with Crippen molar-refractivity contribution in [3.63, 3.8) is 0 Å². The van der Waals surface area contributed by atoms with Crippen molar-refractivity contribution in [1.29, 1.82) is 0 Å². The van der Waals surface area contributed by atoms with Gasteiger partial charge in [-0.3, -0.25) is 9.69 Å². The SMILES string of the molecule is C#CCN1C(=O)COc2c(OCCC)cc(CO)cc21. The maximum absolute atomic E-state index is 11.9. The highest BCUT2D eigenvalue weighted by Crippen LogP contribution is 2.41. The first-order valence-corrected chi connectivity index (χ1v) is 6.48. The zero-order valence-electron chi connectivity index (χ0n) is 11.4. The molecule has 0 radical (unpaired) electrons. The number of ether oxygens (including phenoxy) is 2. The third kappa shape index (κ3) is 2.70. The minimum atomic E-state index is -0.202. The Labute approximate surface area is 118 Å². The molecule has 0 atom stereocenters. The molecule has 0 bridgehead atoms. The second-order valence-corrected chi connectivity index (χ2v) is 4.42. The van der Waals surface area contributed by atoms with Crippen LogP contribution in [0, 0.1) is 12.3 Å². The van der Waals surface area contributed by atoms with Crippen LogP contribution in [0.2, 0.25) is 0 Å². The normalized spacial score (nSPS) is 13.4. The van der Waals surface area contributed by atoms with Crippen molar-refractivity contribution in [2.75, 3.05) is 24.7 Å². The molecule has 0 fully saturated rings. The van der Waals surface area contributed by atoms with Crippen LogP contribution in [0.5, 0.6) is 11.5 Å². The second kappa shape index (κ2) is 6.31. The fraction of sp³-hybridized carbons (Fsp3) is 0.400. The highest BCUT2D eigenvalue weighted by molar-refractivity contribution is 5.99. The molecular weight excluding hydrogens is 258 g/mol. The van der Waals surface area contributed by atoms with Crippen LogP contribution in [0.25, 0.3) is 0 Å². The molecule has 1 amide bonds. The van der Waals surface area contributed by atoms with Crippen LogP contribution in [0.3, 0.4) is 0 Å². The summed E-state index contributed by atoms with van der Waals surface area (Å²) in [6.45, 7) is 2.49. The number of benzene rings is 1. The average molecular weight is 275 g/mol. The Morgan fingerprint density at radius 3 is 3.00 bits per heavy atom. The van der Waals surface area contributed by atoms with Gasteiger partial charge in [-0.1, -0.05) is 12.8 Å². The average Bonchev–Trinajstić information content (AvgIpc) is 2.47. The largest absolute Gasteiger partial charge is 0.490 e. The third-order valence-electron chi connectivity index (χ3n) is 2.92. The van der Waals surface area contributed by atoms with Gasteiger partial charge in [-0.25, -0.2) is 0 Å². The predicted molar refractivity (Wildman–Crippen MR) is 74.8 cm³/mol. The van der Waals surface area contributed by atoms with E-state index < -0.39 is 0 Å². The number of carbonyl (C=O) groups excluding carboxylic acids is 1. The summed E-state index contributed by atoms with van der Waals surface area (Å²) < 4.78 is 11.1. The van der Waals surface area contributed by atoms with Crippen molar-refractivity contribution >= 4 is 11.6 Å². The molecule has 1 aliphatic heterocycles. The molecular formula is C15H17NO4. The highest BCUT2D eigenvalue weighted by atomic mass is 16.5. The van der Waals surface area contributed by atoms with Crippen molar-refractivity contribution in [1.82, 2.24) is 0 Å². The Kier molecular flexibility index (Phi) is 4.49. The van der Waals surface area contributed by atoms with Gasteiger partial charge < -0.3 is 14.6 Å². The first kappa shape index (κ1) is 14.2. The fourth-order valence-corrected chi connectivity index (χ4v) is 2.01. The van der Waals surface area contributed by atoms with E-state index in [1.54, 1.807) is 12.1 Å². The minimum absolute atomic E-state index is 0.0599. The van der Waals surface area contributed by atoms with Gasteiger partial charge in [-0.15, -0.1) is 6.42 Å². The van der Waals surface area contributed by atoms with E-state index >= 15 is 0 Å². The molecule has 20 heavy (non-hydrogen) atoms. The quantitative estimate of drug-likeness (QED) is 0.824. The number of aliphatic hydroxyl groups is 1. The van der Waals surface area contributed by atoms with Crippen molar-refractivity contribution in [2.24, 2.45) is 0 Å². The zero-order valence-corrected chi connectivity index (χ0v) is 11.4. The topological polar surface area (TPSA) is 59.0 Å². The van der Waals surface area contributed by atoms with Crippen LogP contribution in [0.4, 0.5) is 5.69 Å². The summed E-state index contributed by atoms with van der Waals surface area (Å²) in [5.74, 6) is 3.29. The number of anilines is 1. The number of terminal acetylenes is 1. The summed E-state index contributed by atoms with van der Waals surface area (Å²) in [5, 5.41) is 9.33. The number of hydrogen-bond donors (Lipinski definition) is 1. The number of carbonyl (C=O) groups is 1. The monoisotopic (exact) mass is 275 g/mol. The summed E-state index contributed by atoms with van der Waals surface area (Å²) in [4.78, 5) is 13.3. The second-order valence-electron chi connectivity index (χ2n) is 4.42. The van der Waals surface area contributed by atoms with Crippen molar-refractivity contribution in [2.45, 2.75) is 20.0 Å². The summed E-state index contributed by atoms with van der Waals surface area (Å²) in [6, 6.07) is 3.42. The lowest BCUT2D eigenvalue weighted by Crippen LogP contribution is -2.39. The number of hydrogen-bond acceptors (Lipinski definition) is 4. The molecule has 0 saturated heterocycles. The molecule has 0 spiro atoms. The van der Waals surface area contributed by atoms with Crippen LogP contribution in [0.15, 0.2) is 12.1 Å². The van der Waals surface area contributed by atoms with Gasteiger partial charge >= 0.3 is 0 Å². The first-order valence-electron chi connectivity index (χ1n) is 6.48. The van der Waals surface area contributed by atoms with Gasteiger partial charge in [-0.05, 0) is 24.1 Å². The van der Waals surface area contributed by atoms with E-state index in [0.29, 0.717) is 29.4 Å². The lowest BCUT2D eigenvalue weighted by atomic mass is 10.1. The molecule has 0 saturated carbocycles. The van der Waals surface area contributed by atoms with E-state index in [9.17, 15) is 9.90 Å². The summed E-state index contributed by atoms with van der Waals surface area (Å²) in [7, 11) is 0. The van der Waals surface area contributed by atoms with Crippen LogP contribution in [-0.2, 0) is 11.4 Å². The van der Waals surface area contributed by atoms with E-state index in [0.717, 1.165) is 6.42 Å². The molecule has 5 heteroatoms. The number of aliphatic hydroxyl groups excluding tert-OH is 1. The van der Waals surface area contributed by atoms with Crippen LogP contribution >= 0.6 is 0 Å². The fourth-order valence-electron chi connectivity index (χ4n) is 2.01. The van der Waals surface area contributed by atoms with Crippen molar-refractivity contribution in [3.8, 4) is 23.8 Å². The maximum atomic E-state index is 11.9.